The van der Waals surface area contributed by atoms with Crippen LogP contribution in [0.25, 0.3) is 0 Å². The molecule has 0 amide bonds. The van der Waals surface area contributed by atoms with Gasteiger partial charge in [0.05, 0.1) is 24.4 Å². The van der Waals surface area contributed by atoms with Crippen LogP contribution < -0.4 is 10.6 Å². The van der Waals surface area contributed by atoms with Gasteiger partial charge in [0, 0.05) is 19.3 Å². The average molecular weight is 270 g/mol. The molecule has 0 fully saturated rings. The molecule has 2 N–H and O–H groups in total. The smallest absolute Gasteiger partial charge is 0.244 e. The predicted octanol–water partition coefficient (Wildman–Crippen LogP) is 1.55. The molecule has 1 heterocycles. The van der Waals surface area contributed by atoms with Crippen LogP contribution in [0.1, 0.15) is 5.56 Å². The van der Waals surface area contributed by atoms with Crippen molar-refractivity contribution in [3.8, 4) is 6.07 Å². The second-order valence-corrected chi connectivity index (χ2v) is 3.90. The van der Waals surface area contributed by atoms with Crippen molar-refractivity contribution in [1.82, 2.24) is 15.2 Å². The van der Waals surface area contributed by atoms with E-state index in [1.165, 1.54) is 6.20 Å². The molecule has 7 heteroatoms. The first-order valence-corrected chi connectivity index (χ1v) is 6.01. The Balaban J connectivity index is 2.01. The molecule has 0 unspecified atom stereocenters. The number of anilines is 3. The third kappa shape index (κ3) is 3.90. The molecule has 0 spiro atoms. The highest BCUT2D eigenvalue weighted by atomic mass is 16.5. The average Bonchev–Trinajstić information content (AvgIpc) is 2.49. The van der Waals surface area contributed by atoms with Gasteiger partial charge in [-0.25, -0.2) is 0 Å². The number of methoxy groups -OCH3 is 1. The van der Waals surface area contributed by atoms with Gasteiger partial charge in [-0.1, -0.05) is 0 Å². The molecule has 1 aromatic carbocycles. The summed E-state index contributed by atoms with van der Waals surface area (Å²) in [5, 5.41) is 22.6. The first kappa shape index (κ1) is 13.7. The van der Waals surface area contributed by atoms with Crippen LogP contribution in [-0.4, -0.2) is 35.4 Å². The molecule has 2 aromatic rings. The van der Waals surface area contributed by atoms with E-state index in [9.17, 15) is 0 Å². The number of aromatic nitrogens is 3. The summed E-state index contributed by atoms with van der Waals surface area (Å²) in [5.74, 6) is 1.00. The van der Waals surface area contributed by atoms with Gasteiger partial charge in [0.2, 0.25) is 5.95 Å². The molecule has 0 bridgehead atoms. The molecule has 0 saturated heterocycles. The number of nitriles is 1. The molecule has 102 valence electrons. The zero-order chi connectivity index (χ0) is 14.2. The lowest BCUT2D eigenvalue weighted by atomic mass is 10.2. The molecule has 2 rings (SSSR count). The number of nitrogens with zero attached hydrogens (tertiary/aromatic N) is 4. The van der Waals surface area contributed by atoms with Gasteiger partial charge in [-0.3, -0.25) is 0 Å². The van der Waals surface area contributed by atoms with E-state index in [0.717, 1.165) is 5.69 Å². The second kappa shape index (κ2) is 7.01. The molecule has 0 aliphatic carbocycles. The number of hydrogen-bond acceptors (Lipinski definition) is 7. The Hall–Kier alpha value is -2.72. The zero-order valence-corrected chi connectivity index (χ0v) is 11.0. The van der Waals surface area contributed by atoms with Crippen molar-refractivity contribution in [1.29, 1.82) is 5.26 Å². The number of rotatable bonds is 6. The van der Waals surface area contributed by atoms with E-state index >= 15 is 0 Å². The Morgan fingerprint density at radius 3 is 2.80 bits per heavy atom. The SMILES string of the molecule is COCCNc1nncc(Nc2ccc(C#N)cc2)n1. The van der Waals surface area contributed by atoms with Gasteiger partial charge in [0.25, 0.3) is 0 Å². The van der Waals surface area contributed by atoms with Crippen LogP contribution in [0.5, 0.6) is 0 Å². The fourth-order valence-electron chi connectivity index (χ4n) is 1.48. The van der Waals surface area contributed by atoms with Crippen molar-refractivity contribution < 1.29 is 4.74 Å². The molecule has 0 saturated carbocycles. The summed E-state index contributed by atoms with van der Waals surface area (Å²) in [7, 11) is 1.63. The van der Waals surface area contributed by atoms with E-state index in [4.69, 9.17) is 10.00 Å². The third-order valence-electron chi connectivity index (χ3n) is 2.43. The van der Waals surface area contributed by atoms with Gasteiger partial charge in [0.1, 0.15) is 0 Å². The summed E-state index contributed by atoms with van der Waals surface area (Å²) in [6.45, 7) is 1.18. The lowest BCUT2D eigenvalue weighted by Gasteiger charge is -2.07. The first-order chi connectivity index (χ1) is 9.81. The maximum atomic E-state index is 8.74. The Labute approximate surface area is 116 Å². The summed E-state index contributed by atoms with van der Waals surface area (Å²) in [5.41, 5.74) is 1.44. The molecule has 1 aromatic heterocycles. The molecule has 0 aliphatic heterocycles. The van der Waals surface area contributed by atoms with Crippen molar-refractivity contribution in [2.45, 2.75) is 0 Å². The van der Waals surface area contributed by atoms with E-state index in [1.54, 1.807) is 31.4 Å². The van der Waals surface area contributed by atoms with Gasteiger partial charge >= 0.3 is 0 Å². The standard InChI is InChI=1S/C13H14N6O/c1-20-7-6-15-13-18-12(9-16-19-13)17-11-4-2-10(8-14)3-5-11/h2-5,9H,6-7H2,1H3,(H2,15,17,18,19). The highest BCUT2D eigenvalue weighted by Gasteiger charge is 2.01. The maximum absolute atomic E-state index is 8.74. The number of ether oxygens (including phenoxy) is 1. The van der Waals surface area contributed by atoms with Crippen LogP contribution in [0, 0.1) is 11.3 Å². The minimum Gasteiger partial charge on any atom is -0.383 e. The monoisotopic (exact) mass is 270 g/mol. The normalized spacial score (nSPS) is 9.80. The van der Waals surface area contributed by atoms with Crippen LogP contribution in [0.4, 0.5) is 17.5 Å². The molecule has 0 radical (unpaired) electrons. The number of nitrogens with one attached hydrogen (secondary N) is 2. The van der Waals surface area contributed by atoms with Crippen molar-refractivity contribution in [3.05, 3.63) is 36.0 Å². The van der Waals surface area contributed by atoms with Gasteiger partial charge in [-0.05, 0) is 24.3 Å². The Morgan fingerprint density at radius 2 is 2.10 bits per heavy atom. The predicted molar refractivity (Wildman–Crippen MR) is 74.6 cm³/mol. The third-order valence-corrected chi connectivity index (χ3v) is 2.43. The summed E-state index contributed by atoms with van der Waals surface area (Å²) in [6, 6.07) is 9.14. The molecular formula is C13H14N6O. The summed E-state index contributed by atoms with van der Waals surface area (Å²) in [6.07, 6.45) is 1.53. The lowest BCUT2D eigenvalue weighted by molar-refractivity contribution is 0.210. The summed E-state index contributed by atoms with van der Waals surface area (Å²) in [4.78, 5) is 4.27. The first-order valence-electron chi connectivity index (χ1n) is 6.01. The Kier molecular flexibility index (Phi) is 4.81. The number of benzene rings is 1. The molecule has 7 nitrogen and oxygen atoms in total. The van der Waals surface area contributed by atoms with Crippen molar-refractivity contribution in [2.75, 3.05) is 30.9 Å². The summed E-state index contributed by atoms with van der Waals surface area (Å²) < 4.78 is 4.93. The van der Waals surface area contributed by atoms with Crippen LogP contribution in [0.15, 0.2) is 30.5 Å². The Morgan fingerprint density at radius 1 is 1.30 bits per heavy atom. The highest BCUT2D eigenvalue weighted by molar-refractivity contribution is 5.57. The topological polar surface area (TPSA) is 95.8 Å². The van der Waals surface area contributed by atoms with Crippen LogP contribution in [0.3, 0.4) is 0 Å². The van der Waals surface area contributed by atoms with Crippen molar-refractivity contribution in [2.24, 2.45) is 0 Å². The van der Waals surface area contributed by atoms with Crippen LogP contribution in [-0.2, 0) is 4.74 Å². The quantitative estimate of drug-likeness (QED) is 0.768. The highest BCUT2D eigenvalue weighted by Crippen LogP contribution is 2.14. The van der Waals surface area contributed by atoms with Gasteiger partial charge in [-0.2, -0.15) is 15.3 Å². The van der Waals surface area contributed by atoms with Gasteiger partial charge in [-0.15, -0.1) is 5.10 Å². The fourth-order valence-corrected chi connectivity index (χ4v) is 1.48. The van der Waals surface area contributed by atoms with E-state index in [1.807, 2.05) is 0 Å². The zero-order valence-electron chi connectivity index (χ0n) is 11.0. The van der Waals surface area contributed by atoms with E-state index in [-0.39, 0.29) is 0 Å². The van der Waals surface area contributed by atoms with Gasteiger partial charge in [0.15, 0.2) is 5.82 Å². The minimum atomic E-state index is 0.431. The second-order valence-electron chi connectivity index (χ2n) is 3.90. The molecular weight excluding hydrogens is 256 g/mol. The number of hydrogen-bond donors (Lipinski definition) is 2. The van der Waals surface area contributed by atoms with E-state index in [0.29, 0.717) is 30.5 Å². The summed E-state index contributed by atoms with van der Waals surface area (Å²) >= 11 is 0. The minimum absolute atomic E-state index is 0.431. The largest absolute Gasteiger partial charge is 0.383 e. The molecule has 20 heavy (non-hydrogen) atoms. The van der Waals surface area contributed by atoms with E-state index in [2.05, 4.69) is 31.9 Å². The van der Waals surface area contributed by atoms with E-state index < -0.39 is 0 Å². The molecule has 0 aliphatic rings. The van der Waals surface area contributed by atoms with Crippen LogP contribution >= 0.6 is 0 Å². The Bertz CT molecular complexity index is 593. The lowest BCUT2D eigenvalue weighted by Crippen LogP contribution is -2.11. The maximum Gasteiger partial charge on any atom is 0.244 e. The molecule has 0 atom stereocenters. The van der Waals surface area contributed by atoms with Crippen molar-refractivity contribution in [3.63, 3.8) is 0 Å². The van der Waals surface area contributed by atoms with Crippen LogP contribution in [0.2, 0.25) is 0 Å². The fraction of sp³-hybridized carbons (Fsp3) is 0.231. The van der Waals surface area contributed by atoms with Crippen molar-refractivity contribution >= 4 is 17.5 Å². The van der Waals surface area contributed by atoms with Gasteiger partial charge < -0.3 is 15.4 Å².